The summed E-state index contributed by atoms with van der Waals surface area (Å²) in [6.45, 7) is 1.71. The van der Waals surface area contributed by atoms with Crippen molar-refractivity contribution in [3.05, 3.63) is 95.1 Å². The Balaban J connectivity index is 1.91. The lowest BCUT2D eigenvalue weighted by molar-refractivity contribution is -0.121. The first kappa shape index (κ1) is 24.4. The van der Waals surface area contributed by atoms with Crippen molar-refractivity contribution in [1.82, 2.24) is 5.32 Å². The summed E-state index contributed by atoms with van der Waals surface area (Å²) in [5, 5.41) is 12.8. The zero-order valence-electron chi connectivity index (χ0n) is 19.2. The van der Waals surface area contributed by atoms with Gasteiger partial charge in [0.05, 0.1) is 35.2 Å². The third kappa shape index (κ3) is 4.88. The summed E-state index contributed by atoms with van der Waals surface area (Å²) in [4.78, 5) is 32.8. The summed E-state index contributed by atoms with van der Waals surface area (Å²) in [5.74, 6) is -0.475. The van der Waals surface area contributed by atoms with Gasteiger partial charge in [0.15, 0.2) is 11.9 Å². The molecule has 0 spiro atoms. The molecule has 0 fully saturated rings. The number of thiol groups is 1. The third-order valence-corrected chi connectivity index (χ3v) is 6.21. The fourth-order valence-corrected chi connectivity index (χ4v) is 4.23. The number of nitriles is 1. The number of hydrogen-bond donors (Lipinski definition) is 3. The highest BCUT2D eigenvalue weighted by Gasteiger charge is 2.35. The monoisotopic (exact) mass is 483 g/mol. The Morgan fingerprint density at radius 2 is 1.86 bits per heavy atom. The maximum absolute atomic E-state index is 14.0. The number of anilines is 2. The molecule has 35 heavy (non-hydrogen) atoms. The van der Waals surface area contributed by atoms with Gasteiger partial charge in [-0.15, -0.1) is 0 Å². The van der Waals surface area contributed by atoms with Gasteiger partial charge in [0, 0.05) is 16.9 Å². The molecule has 8 heteroatoms. The first-order valence-electron chi connectivity index (χ1n) is 11.1. The molecule has 7 nitrogen and oxygen atoms in total. The molecule has 1 amide bonds. The quantitative estimate of drug-likeness (QED) is 0.447. The molecule has 2 unspecified atom stereocenters. The van der Waals surface area contributed by atoms with Gasteiger partial charge in [0.2, 0.25) is 0 Å². The Labute approximate surface area is 209 Å². The van der Waals surface area contributed by atoms with E-state index >= 15 is 0 Å². The highest BCUT2D eigenvalue weighted by molar-refractivity contribution is 7.80. The second kappa shape index (κ2) is 10.7. The van der Waals surface area contributed by atoms with E-state index in [1.807, 2.05) is 67.6 Å². The number of amides is 1. The Kier molecular flexibility index (Phi) is 7.42. The zero-order chi connectivity index (χ0) is 24.9. The molecule has 0 aromatic heterocycles. The van der Waals surface area contributed by atoms with Gasteiger partial charge < -0.3 is 5.73 Å². The second-order valence-corrected chi connectivity index (χ2v) is 8.52. The van der Waals surface area contributed by atoms with Crippen LogP contribution in [0.4, 0.5) is 11.4 Å². The van der Waals surface area contributed by atoms with Gasteiger partial charge in [-0.1, -0.05) is 60.7 Å². The molecule has 1 aliphatic rings. The molecule has 0 bridgehead atoms. The molecule has 0 saturated carbocycles. The van der Waals surface area contributed by atoms with Gasteiger partial charge in [-0.3, -0.25) is 24.8 Å². The maximum Gasteiger partial charge on any atom is 0.271 e. The summed E-state index contributed by atoms with van der Waals surface area (Å²) in [6.07, 6.45) is -1.08. The van der Waals surface area contributed by atoms with E-state index < -0.39 is 18.1 Å². The van der Waals surface area contributed by atoms with E-state index in [1.165, 1.54) is 4.90 Å². The molecule has 0 saturated heterocycles. The van der Waals surface area contributed by atoms with Crippen molar-refractivity contribution < 1.29 is 9.59 Å². The fourth-order valence-electron chi connectivity index (χ4n) is 4.03. The second-order valence-electron chi connectivity index (χ2n) is 8.16. The van der Waals surface area contributed by atoms with Gasteiger partial charge in [-0.25, -0.2) is 0 Å². The smallest absolute Gasteiger partial charge is 0.271 e. The molecule has 1 heterocycles. The minimum atomic E-state index is -1.08. The molecule has 3 N–H and O–H groups in total. The van der Waals surface area contributed by atoms with Crippen LogP contribution in [0, 0.1) is 18.3 Å². The number of fused-ring (bicyclic) bond motifs is 1. The number of hydrogen-bond acceptors (Lipinski definition) is 7. The molecule has 1 aliphatic heterocycles. The van der Waals surface area contributed by atoms with Gasteiger partial charge in [0.25, 0.3) is 5.91 Å². The van der Waals surface area contributed by atoms with Gasteiger partial charge in [0.1, 0.15) is 6.07 Å². The van der Waals surface area contributed by atoms with Gasteiger partial charge in [-0.2, -0.15) is 17.9 Å². The first-order valence-corrected chi connectivity index (χ1v) is 11.8. The SMILES string of the molecule is Cc1cccc(C#N)c1N1C(=O)C(NCC(=O)C(N)CS)N=C(c2ccccc2)c2ccccc21. The Morgan fingerprint density at radius 3 is 2.57 bits per heavy atom. The van der Waals surface area contributed by atoms with Gasteiger partial charge in [-0.05, 0) is 24.6 Å². The highest BCUT2D eigenvalue weighted by atomic mass is 32.1. The van der Waals surface area contributed by atoms with Crippen molar-refractivity contribution in [2.24, 2.45) is 10.7 Å². The lowest BCUT2D eigenvalue weighted by Crippen LogP contribution is -2.48. The maximum atomic E-state index is 14.0. The predicted octanol–water partition coefficient (Wildman–Crippen LogP) is 3.12. The van der Waals surface area contributed by atoms with Crippen LogP contribution in [0.15, 0.2) is 77.8 Å². The van der Waals surface area contributed by atoms with Crippen molar-refractivity contribution >= 4 is 41.4 Å². The summed E-state index contributed by atoms with van der Waals surface area (Å²) >= 11 is 4.09. The fraction of sp³-hybridized carbons (Fsp3) is 0.185. The number of benzodiazepines with no additional fused rings is 1. The Morgan fingerprint density at radius 1 is 1.14 bits per heavy atom. The third-order valence-electron chi connectivity index (χ3n) is 5.82. The number of nitrogens with two attached hydrogens (primary N) is 1. The van der Waals surface area contributed by atoms with Crippen LogP contribution in [-0.2, 0) is 9.59 Å². The van der Waals surface area contributed by atoms with Crippen molar-refractivity contribution in [1.29, 1.82) is 5.26 Å². The molecule has 0 radical (unpaired) electrons. The van der Waals surface area contributed by atoms with Crippen LogP contribution >= 0.6 is 12.6 Å². The van der Waals surface area contributed by atoms with Crippen molar-refractivity contribution in [2.45, 2.75) is 19.1 Å². The topological polar surface area (TPSA) is 112 Å². The van der Waals surface area contributed by atoms with E-state index in [4.69, 9.17) is 10.7 Å². The number of benzene rings is 3. The summed E-state index contributed by atoms with van der Waals surface area (Å²) < 4.78 is 0. The van der Waals surface area contributed by atoms with Crippen LogP contribution < -0.4 is 16.0 Å². The Hall–Kier alpha value is -3.77. The molecule has 4 rings (SSSR count). The molecular formula is C27H25N5O2S. The summed E-state index contributed by atoms with van der Waals surface area (Å²) in [6, 6.07) is 23.8. The molecule has 0 aliphatic carbocycles. The number of ketones is 1. The predicted molar refractivity (Wildman–Crippen MR) is 140 cm³/mol. The number of carbonyl (C=O) groups is 2. The van der Waals surface area contributed by atoms with Crippen LogP contribution in [-0.4, -0.2) is 41.9 Å². The van der Waals surface area contributed by atoms with Crippen LogP contribution in [0.3, 0.4) is 0 Å². The number of carbonyl (C=O) groups excluding carboxylic acids is 2. The largest absolute Gasteiger partial charge is 0.321 e. The number of para-hydroxylation sites is 2. The lowest BCUT2D eigenvalue weighted by atomic mass is 9.99. The van der Waals surface area contributed by atoms with E-state index in [1.54, 1.807) is 12.1 Å². The van der Waals surface area contributed by atoms with E-state index in [9.17, 15) is 14.9 Å². The first-order chi connectivity index (χ1) is 17.0. The summed E-state index contributed by atoms with van der Waals surface area (Å²) in [7, 11) is 0. The standard InChI is InChI=1S/C27H25N5O2S/c1-17-8-7-11-19(14-28)25(17)32-22-13-6-5-12-20(22)24(18-9-3-2-4-10-18)31-26(27(32)34)30-15-23(33)21(29)16-35/h2-13,21,26,30,35H,15-16,29H2,1H3. The van der Waals surface area contributed by atoms with E-state index in [0.717, 1.165) is 16.7 Å². The minimum absolute atomic E-state index is 0.146. The summed E-state index contributed by atoms with van der Waals surface area (Å²) in [5.41, 5.74) is 10.2. The normalized spacial score (nSPS) is 16.1. The molecule has 3 aromatic carbocycles. The molecule has 176 valence electrons. The average Bonchev–Trinajstić information content (AvgIpc) is 3.01. The molecule has 2 atom stereocenters. The van der Waals surface area contributed by atoms with E-state index in [-0.39, 0.29) is 18.1 Å². The van der Waals surface area contributed by atoms with Crippen LogP contribution in [0.5, 0.6) is 0 Å². The van der Waals surface area contributed by atoms with Crippen LogP contribution in [0.25, 0.3) is 0 Å². The molecular weight excluding hydrogens is 458 g/mol. The number of aliphatic imine (C=N–C) groups is 1. The van der Waals surface area contributed by atoms with Crippen LogP contribution in [0.2, 0.25) is 0 Å². The number of nitrogens with zero attached hydrogens (tertiary/aromatic N) is 3. The number of Topliss-reactive ketones (excluding diaryl/α,β-unsaturated/α-hetero) is 1. The van der Waals surface area contributed by atoms with E-state index in [0.29, 0.717) is 22.6 Å². The van der Waals surface area contributed by atoms with E-state index in [2.05, 4.69) is 24.0 Å². The van der Waals surface area contributed by atoms with Crippen molar-refractivity contribution in [3.63, 3.8) is 0 Å². The van der Waals surface area contributed by atoms with Crippen molar-refractivity contribution in [3.8, 4) is 6.07 Å². The number of nitrogens with one attached hydrogen (secondary N) is 1. The number of aryl methyl sites for hydroxylation is 1. The molecule has 3 aromatic rings. The zero-order valence-corrected chi connectivity index (χ0v) is 20.1. The number of rotatable bonds is 7. The van der Waals surface area contributed by atoms with Crippen LogP contribution in [0.1, 0.15) is 22.3 Å². The lowest BCUT2D eigenvalue weighted by Gasteiger charge is -2.28. The average molecular weight is 484 g/mol. The van der Waals surface area contributed by atoms with Gasteiger partial charge >= 0.3 is 0 Å². The highest BCUT2D eigenvalue weighted by Crippen LogP contribution is 2.37. The van der Waals surface area contributed by atoms with Crippen molar-refractivity contribution in [2.75, 3.05) is 17.2 Å². The Bertz CT molecular complexity index is 1330. The minimum Gasteiger partial charge on any atom is -0.321 e.